The summed E-state index contributed by atoms with van der Waals surface area (Å²) in [4.78, 5) is 21.6. The Hall–Kier alpha value is -1.41. The minimum Gasteiger partial charge on any atom is -0.478 e. The fraction of sp³-hybridized carbons (Fsp3) is 0.429. The van der Waals surface area contributed by atoms with E-state index >= 15 is 0 Å². The number of hydrogen-bond donors (Lipinski definition) is 1. The van der Waals surface area contributed by atoms with Crippen molar-refractivity contribution in [1.29, 1.82) is 0 Å². The van der Waals surface area contributed by atoms with Crippen LogP contribution in [-0.4, -0.2) is 24.2 Å². The predicted octanol–water partition coefficient (Wildman–Crippen LogP) is 0.989. The molecule has 0 aromatic rings. The number of aliphatic carboxylic acids is 1. The fourth-order valence-electron chi connectivity index (χ4n) is 0.151. The fourth-order valence-corrected chi connectivity index (χ4v) is 0.151. The highest BCUT2D eigenvalue weighted by Crippen LogP contribution is 1.93. The third-order valence-electron chi connectivity index (χ3n) is 0.821. The molecule has 0 aliphatic carbocycles. The average molecular weight is 157 g/mol. The van der Waals surface area contributed by atoms with Gasteiger partial charge in [-0.15, -0.1) is 0 Å². The second-order valence-corrected chi connectivity index (χ2v) is 1.58. The molecule has 11 heavy (non-hydrogen) atoms. The van der Waals surface area contributed by atoms with Crippen molar-refractivity contribution in [2.45, 2.75) is 13.3 Å². The molecule has 0 amide bonds. The van der Waals surface area contributed by atoms with Crippen molar-refractivity contribution in [2.24, 2.45) is 4.99 Å². The average Bonchev–Trinajstić information content (AvgIpc) is 2.03. The number of isocyanates is 1. The van der Waals surface area contributed by atoms with E-state index in [0.29, 0.717) is 6.42 Å². The first kappa shape index (κ1) is 12.3. The second-order valence-electron chi connectivity index (χ2n) is 1.58. The summed E-state index contributed by atoms with van der Waals surface area (Å²) in [6.07, 6.45) is 1.83. The van der Waals surface area contributed by atoms with Crippen molar-refractivity contribution < 1.29 is 14.7 Å². The van der Waals surface area contributed by atoms with Crippen LogP contribution in [0.5, 0.6) is 0 Å². The van der Waals surface area contributed by atoms with Crippen LogP contribution in [0, 0.1) is 0 Å². The maximum absolute atomic E-state index is 9.83. The molecule has 0 aliphatic heterocycles. The Kier molecular flexibility index (Phi) is 9.59. The van der Waals surface area contributed by atoms with Crippen LogP contribution in [-0.2, 0) is 9.59 Å². The lowest BCUT2D eigenvalue weighted by Gasteiger charge is -1.87. The third-order valence-corrected chi connectivity index (χ3v) is 0.821. The number of carbonyl (C=O) groups is 1. The molecule has 0 bridgehead atoms. The zero-order chi connectivity index (χ0) is 9.28. The quantitative estimate of drug-likeness (QED) is 0.369. The predicted molar refractivity (Wildman–Crippen MR) is 41.1 cm³/mol. The molecule has 4 nitrogen and oxygen atoms in total. The molecule has 0 radical (unpaired) electrons. The maximum Gasteiger partial charge on any atom is 0.330 e. The molecule has 0 spiro atoms. The number of hydrogen-bond acceptors (Lipinski definition) is 3. The van der Waals surface area contributed by atoms with Crippen molar-refractivity contribution in [3.05, 3.63) is 12.2 Å². The van der Waals surface area contributed by atoms with Gasteiger partial charge < -0.3 is 5.11 Å². The van der Waals surface area contributed by atoms with E-state index in [1.807, 2.05) is 0 Å². The van der Waals surface area contributed by atoms with E-state index in [9.17, 15) is 4.79 Å². The van der Waals surface area contributed by atoms with Crippen molar-refractivity contribution >= 4 is 12.0 Å². The lowest BCUT2D eigenvalue weighted by atomic mass is 10.2. The van der Waals surface area contributed by atoms with E-state index in [1.165, 1.54) is 13.1 Å². The summed E-state index contributed by atoms with van der Waals surface area (Å²) in [5, 5.41) is 8.08. The zero-order valence-electron chi connectivity index (χ0n) is 6.63. The van der Waals surface area contributed by atoms with Gasteiger partial charge in [-0.2, -0.15) is 0 Å². The van der Waals surface area contributed by atoms with Crippen LogP contribution in [0.25, 0.3) is 0 Å². The van der Waals surface area contributed by atoms with Gasteiger partial charge in [0.2, 0.25) is 6.08 Å². The van der Waals surface area contributed by atoms with Gasteiger partial charge in [0.05, 0.1) is 0 Å². The maximum atomic E-state index is 9.83. The highest BCUT2D eigenvalue weighted by molar-refractivity contribution is 5.85. The number of carbonyl (C=O) groups excluding carboxylic acids is 1. The summed E-state index contributed by atoms with van der Waals surface area (Å²) in [5.41, 5.74) is 0.264. The van der Waals surface area contributed by atoms with E-state index < -0.39 is 5.97 Å². The van der Waals surface area contributed by atoms with Gasteiger partial charge in [-0.25, -0.2) is 14.6 Å². The molecule has 0 aromatic heterocycles. The van der Waals surface area contributed by atoms with Crippen molar-refractivity contribution in [1.82, 2.24) is 0 Å². The lowest BCUT2D eigenvalue weighted by molar-refractivity contribution is -0.132. The summed E-state index contributed by atoms with van der Waals surface area (Å²) < 4.78 is 0. The highest BCUT2D eigenvalue weighted by Gasteiger charge is 1.96. The van der Waals surface area contributed by atoms with Gasteiger partial charge >= 0.3 is 5.97 Å². The molecular weight excluding hydrogens is 146 g/mol. The van der Waals surface area contributed by atoms with Crippen molar-refractivity contribution in [3.63, 3.8) is 0 Å². The van der Waals surface area contributed by atoms with E-state index in [1.54, 1.807) is 6.92 Å². The van der Waals surface area contributed by atoms with E-state index in [0.717, 1.165) is 0 Å². The largest absolute Gasteiger partial charge is 0.478 e. The topological polar surface area (TPSA) is 66.7 Å². The minimum absolute atomic E-state index is 0.264. The number of carboxylic acids is 1. The molecule has 0 aliphatic rings. The van der Waals surface area contributed by atoms with E-state index in [2.05, 4.69) is 11.6 Å². The first-order valence-corrected chi connectivity index (χ1v) is 2.97. The third kappa shape index (κ3) is 11.9. The molecule has 4 heteroatoms. The summed E-state index contributed by atoms with van der Waals surface area (Å²) in [6.45, 7) is 5.03. The molecule has 1 N–H and O–H groups in total. The Morgan fingerprint density at radius 1 is 1.73 bits per heavy atom. The lowest BCUT2D eigenvalue weighted by Crippen LogP contribution is -1.95. The van der Waals surface area contributed by atoms with Crippen LogP contribution in [0.1, 0.15) is 13.3 Å². The minimum atomic E-state index is -0.900. The van der Waals surface area contributed by atoms with Gasteiger partial charge in [-0.3, -0.25) is 0 Å². The van der Waals surface area contributed by atoms with Gasteiger partial charge in [0.25, 0.3) is 0 Å². The molecule has 0 fully saturated rings. The van der Waals surface area contributed by atoms with Crippen molar-refractivity contribution in [2.75, 3.05) is 7.05 Å². The molecule has 62 valence electrons. The normalized spacial score (nSPS) is 6.73. The first-order chi connectivity index (χ1) is 5.09. The molecule has 0 saturated carbocycles. The van der Waals surface area contributed by atoms with Crippen LogP contribution in [0.2, 0.25) is 0 Å². The summed E-state index contributed by atoms with van der Waals surface area (Å²) in [7, 11) is 1.38. The molecular formula is C7H11NO3. The van der Waals surface area contributed by atoms with E-state index in [4.69, 9.17) is 9.90 Å². The van der Waals surface area contributed by atoms with Crippen LogP contribution >= 0.6 is 0 Å². The summed E-state index contributed by atoms with van der Waals surface area (Å²) >= 11 is 0. The Balaban J connectivity index is 0. The Labute approximate surface area is 65.3 Å². The number of aliphatic imine (C=N–C) groups is 1. The van der Waals surface area contributed by atoms with Gasteiger partial charge in [0, 0.05) is 12.6 Å². The second kappa shape index (κ2) is 8.59. The van der Waals surface area contributed by atoms with Crippen LogP contribution < -0.4 is 0 Å². The molecule has 0 unspecified atom stereocenters. The van der Waals surface area contributed by atoms with Gasteiger partial charge in [0.1, 0.15) is 0 Å². The smallest absolute Gasteiger partial charge is 0.330 e. The molecule has 0 heterocycles. The zero-order valence-corrected chi connectivity index (χ0v) is 6.63. The Morgan fingerprint density at radius 2 is 2.09 bits per heavy atom. The summed E-state index contributed by atoms with van der Waals surface area (Å²) in [5.74, 6) is -0.900. The van der Waals surface area contributed by atoms with Crippen molar-refractivity contribution in [3.8, 4) is 0 Å². The number of rotatable bonds is 2. The van der Waals surface area contributed by atoms with Gasteiger partial charge in [-0.1, -0.05) is 13.5 Å². The standard InChI is InChI=1S/C5H8O2.C2H3NO/c1-3-4(2)5(6)7;1-3-2-4/h2-3H2,1H3,(H,6,7);1H3. The number of carboxylic acid groups (broad SMARTS) is 1. The Morgan fingerprint density at radius 3 is 2.09 bits per heavy atom. The van der Waals surface area contributed by atoms with Gasteiger partial charge in [-0.05, 0) is 6.42 Å². The van der Waals surface area contributed by atoms with Gasteiger partial charge in [0.15, 0.2) is 0 Å². The molecule has 0 rings (SSSR count). The summed E-state index contributed by atoms with van der Waals surface area (Å²) in [6, 6.07) is 0. The molecule has 0 aromatic carbocycles. The first-order valence-electron chi connectivity index (χ1n) is 2.97. The monoisotopic (exact) mass is 157 g/mol. The SMILES string of the molecule is C=C(CC)C(=O)O.CN=C=O. The highest BCUT2D eigenvalue weighted by atomic mass is 16.4. The Bertz CT molecular complexity index is 180. The van der Waals surface area contributed by atoms with Crippen LogP contribution in [0.3, 0.4) is 0 Å². The number of nitrogens with zero attached hydrogens (tertiary/aromatic N) is 1. The molecule has 0 saturated heterocycles. The van der Waals surface area contributed by atoms with Crippen LogP contribution in [0.15, 0.2) is 17.1 Å². The molecule has 0 atom stereocenters. The van der Waals surface area contributed by atoms with E-state index in [-0.39, 0.29) is 5.57 Å². The van der Waals surface area contributed by atoms with Crippen LogP contribution in [0.4, 0.5) is 0 Å².